The highest BCUT2D eigenvalue weighted by molar-refractivity contribution is 4.91. The van der Waals surface area contributed by atoms with Crippen molar-refractivity contribution in [3.05, 3.63) is 0 Å². The monoisotopic (exact) mass is 266 g/mol. The molecule has 0 aromatic carbocycles. The number of hydrogen-bond donors (Lipinski definition) is 1. The molecule has 2 aliphatic rings. The summed E-state index contributed by atoms with van der Waals surface area (Å²) in [6.45, 7) is 13.4. The summed E-state index contributed by atoms with van der Waals surface area (Å²) < 4.78 is 0. The van der Waals surface area contributed by atoms with Gasteiger partial charge in [-0.15, -0.1) is 0 Å². The molecule has 19 heavy (non-hydrogen) atoms. The molecule has 0 aromatic rings. The van der Waals surface area contributed by atoms with Crippen molar-refractivity contribution in [3.8, 4) is 0 Å². The summed E-state index contributed by atoms with van der Waals surface area (Å²) in [5, 5.41) is 3.87. The zero-order valence-electron chi connectivity index (χ0n) is 13.5. The molecular formula is C17H34N2. The molecule has 0 aromatic heterocycles. The highest BCUT2D eigenvalue weighted by Crippen LogP contribution is 2.31. The summed E-state index contributed by atoms with van der Waals surface area (Å²) in [6, 6.07) is 1.61. The van der Waals surface area contributed by atoms with Gasteiger partial charge in [-0.2, -0.15) is 0 Å². The first kappa shape index (κ1) is 15.3. The molecule has 2 fully saturated rings. The van der Waals surface area contributed by atoms with Gasteiger partial charge in [0.1, 0.15) is 0 Å². The molecule has 2 rings (SSSR count). The van der Waals surface area contributed by atoms with Crippen LogP contribution < -0.4 is 5.32 Å². The molecule has 1 saturated carbocycles. The number of nitrogens with one attached hydrogen (secondary N) is 1. The average Bonchev–Trinajstić information content (AvgIpc) is 3.07. The summed E-state index contributed by atoms with van der Waals surface area (Å²) in [6.07, 6.45) is 8.28. The molecular weight excluding hydrogens is 232 g/mol. The van der Waals surface area contributed by atoms with Gasteiger partial charge in [-0.05, 0) is 50.0 Å². The zero-order chi connectivity index (χ0) is 13.9. The minimum atomic E-state index is 0.475. The van der Waals surface area contributed by atoms with Crippen LogP contribution in [0.5, 0.6) is 0 Å². The van der Waals surface area contributed by atoms with E-state index in [2.05, 4.69) is 37.9 Å². The average molecular weight is 266 g/mol. The van der Waals surface area contributed by atoms with Crippen LogP contribution in [0.15, 0.2) is 0 Å². The molecule has 0 bridgehead atoms. The Kier molecular flexibility index (Phi) is 5.30. The van der Waals surface area contributed by atoms with Gasteiger partial charge < -0.3 is 10.2 Å². The first-order chi connectivity index (χ1) is 8.96. The normalized spacial score (nSPS) is 29.7. The molecule has 2 atom stereocenters. The third kappa shape index (κ3) is 5.83. The Hall–Kier alpha value is -0.0800. The first-order valence-corrected chi connectivity index (χ1v) is 8.44. The van der Waals surface area contributed by atoms with Gasteiger partial charge in [0.2, 0.25) is 0 Å². The van der Waals surface area contributed by atoms with E-state index >= 15 is 0 Å². The lowest BCUT2D eigenvalue weighted by molar-refractivity contribution is 0.112. The van der Waals surface area contributed by atoms with Gasteiger partial charge in [0.25, 0.3) is 0 Å². The molecule has 0 amide bonds. The van der Waals surface area contributed by atoms with Crippen molar-refractivity contribution in [2.75, 3.05) is 19.6 Å². The van der Waals surface area contributed by atoms with E-state index < -0.39 is 0 Å². The summed E-state index contributed by atoms with van der Waals surface area (Å²) >= 11 is 0. The maximum absolute atomic E-state index is 3.87. The summed E-state index contributed by atoms with van der Waals surface area (Å²) in [5.41, 5.74) is 0.475. The van der Waals surface area contributed by atoms with Crippen molar-refractivity contribution in [3.63, 3.8) is 0 Å². The van der Waals surface area contributed by atoms with Crippen LogP contribution in [-0.2, 0) is 0 Å². The number of unbranched alkanes of at least 4 members (excludes halogenated alkanes) is 1. The van der Waals surface area contributed by atoms with Gasteiger partial charge in [-0.1, -0.05) is 34.1 Å². The summed E-state index contributed by atoms with van der Waals surface area (Å²) in [4.78, 5) is 2.73. The molecule has 1 N–H and O–H groups in total. The standard InChI is InChI=1S/C17H34N2/c1-5-6-9-19-12-14(11-17(2,3)4)10-16(13-19)18-15-7-8-15/h14-16,18H,5-13H2,1-4H3. The highest BCUT2D eigenvalue weighted by Gasteiger charge is 2.32. The van der Waals surface area contributed by atoms with E-state index in [0.29, 0.717) is 5.41 Å². The van der Waals surface area contributed by atoms with Crippen LogP contribution in [0, 0.1) is 11.3 Å². The van der Waals surface area contributed by atoms with Crippen LogP contribution in [0.3, 0.4) is 0 Å². The van der Waals surface area contributed by atoms with E-state index in [0.717, 1.165) is 18.0 Å². The smallest absolute Gasteiger partial charge is 0.0200 e. The Balaban J connectivity index is 1.86. The highest BCUT2D eigenvalue weighted by atomic mass is 15.2. The van der Waals surface area contributed by atoms with Crippen molar-refractivity contribution in [2.45, 2.75) is 78.3 Å². The predicted octanol–water partition coefficient (Wildman–Crippen LogP) is 3.67. The molecule has 2 unspecified atom stereocenters. The Morgan fingerprint density at radius 2 is 1.84 bits per heavy atom. The lowest BCUT2D eigenvalue weighted by Gasteiger charge is -2.40. The van der Waals surface area contributed by atoms with Crippen LogP contribution >= 0.6 is 0 Å². The third-order valence-corrected chi connectivity index (χ3v) is 4.39. The van der Waals surface area contributed by atoms with E-state index in [4.69, 9.17) is 0 Å². The fourth-order valence-electron chi connectivity index (χ4n) is 3.59. The maximum Gasteiger partial charge on any atom is 0.0200 e. The van der Waals surface area contributed by atoms with Crippen molar-refractivity contribution in [1.29, 1.82) is 0 Å². The van der Waals surface area contributed by atoms with E-state index in [1.165, 1.54) is 58.2 Å². The first-order valence-electron chi connectivity index (χ1n) is 8.44. The van der Waals surface area contributed by atoms with Crippen molar-refractivity contribution >= 4 is 0 Å². The summed E-state index contributed by atoms with van der Waals surface area (Å²) in [7, 11) is 0. The van der Waals surface area contributed by atoms with Gasteiger partial charge in [0, 0.05) is 25.2 Å². The topological polar surface area (TPSA) is 15.3 Å². The zero-order valence-corrected chi connectivity index (χ0v) is 13.5. The van der Waals surface area contributed by atoms with Crippen molar-refractivity contribution < 1.29 is 0 Å². The van der Waals surface area contributed by atoms with Gasteiger partial charge in [-0.25, -0.2) is 0 Å². The fourth-order valence-corrected chi connectivity index (χ4v) is 3.59. The van der Waals surface area contributed by atoms with Gasteiger partial charge in [0.05, 0.1) is 0 Å². The maximum atomic E-state index is 3.87. The second-order valence-corrected chi connectivity index (χ2v) is 8.12. The van der Waals surface area contributed by atoms with E-state index in [1.807, 2.05) is 0 Å². The molecule has 2 heteroatoms. The summed E-state index contributed by atoms with van der Waals surface area (Å²) in [5.74, 6) is 0.891. The predicted molar refractivity (Wildman–Crippen MR) is 83.5 cm³/mol. The van der Waals surface area contributed by atoms with E-state index in [1.54, 1.807) is 0 Å². The number of rotatable bonds is 6. The lowest BCUT2D eigenvalue weighted by Crippen LogP contribution is -2.50. The van der Waals surface area contributed by atoms with Gasteiger partial charge >= 0.3 is 0 Å². The van der Waals surface area contributed by atoms with Gasteiger partial charge in [-0.3, -0.25) is 0 Å². The quantitative estimate of drug-likeness (QED) is 0.789. The van der Waals surface area contributed by atoms with E-state index in [9.17, 15) is 0 Å². The largest absolute Gasteiger partial charge is 0.310 e. The SMILES string of the molecule is CCCCN1CC(CC(C)(C)C)CC(NC2CC2)C1. The van der Waals surface area contributed by atoms with Crippen LogP contribution in [0.2, 0.25) is 0 Å². The van der Waals surface area contributed by atoms with Crippen LogP contribution in [0.25, 0.3) is 0 Å². The minimum absolute atomic E-state index is 0.475. The Morgan fingerprint density at radius 1 is 1.11 bits per heavy atom. The Morgan fingerprint density at radius 3 is 2.42 bits per heavy atom. The minimum Gasteiger partial charge on any atom is -0.310 e. The number of hydrogen-bond acceptors (Lipinski definition) is 2. The third-order valence-electron chi connectivity index (χ3n) is 4.39. The molecule has 0 radical (unpaired) electrons. The number of nitrogens with zero attached hydrogens (tertiary/aromatic N) is 1. The van der Waals surface area contributed by atoms with Crippen LogP contribution in [0.4, 0.5) is 0 Å². The molecule has 1 saturated heterocycles. The van der Waals surface area contributed by atoms with Crippen molar-refractivity contribution in [1.82, 2.24) is 10.2 Å². The Bertz CT molecular complexity index is 265. The number of likely N-dealkylation sites (tertiary alicyclic amines) is 1. The lowest BCUT2D eigenvalue weighted by atomic mass is 9.80. The second-order valence-electron chi connectivity index (χ2n) is 8.12. The van der Waals surface area contributed by atoms with Gasteiger partial charge in [0.15, 0.2) is 0 Å². The Labute approximate surface area is 120 Å². The van der Waals surface area contributed by atoms with E-state index in [-0.39, 0.29) is 0 Å². The van der Waals surface area contributed by atoms with Crippen LogP contribution in [-0.4, -0.2) is 36.6 Å². The molecule has 2 nitrogen and oxygen atoms in total. The van der Waals surface area contributed by atoms with Crippen LogP contribution in [0.1, 0.15) is 66.2 Å². The molecule has 1 aliphatic heterocycles. The molecule has 1 heterocycles. The molecule has 112 valence electrons. The molecule has 0 spiro atoms. The number of piperidine rings is 1. The second kappa shape index (κ2) is 6.58. The molecule has 1 aliphatic carbocycles. The van der Waals surface area contributed by atoms with Crippen molar-refractivity contribution in [2.24, 2.45) is 11.3 Å². The fraction of sp³-hybridized carbons (Fsp3) is 1.00.